The van der Waals surface area contributed by atoms with E-state index in [-0.39, 0.29) is 22.1 Å². The number of hydrogen-bond donors (Lipinski definition) is 4. The van der Waals surface area contributed by atoms with Gasteiger partial charge in [0, 0.05) is 5.02 Å². The van der Waals surface area contributed by atoms with Crippen molar-refractivity contribution >= 4 is 40.6 Å². The van der Waals surface area contributed by atoms with Crippen LogP contribution in [0, 0.1) is 0 Å². The van der Waals surface area contributed by atoms with Gasteiger partial charge in [-0.05, 0) is 18.2 Å². The Balaban J connectivity index is 2.13. The van der Waals surface area contributed by atoms with Crippen molar-refractivity contribution in [2.75, 3.05) is 11.2 Å². The molecule has 5 N–H and O–H groups in total. The van der Waals surface area contributed by atoms with Crippen molar-refractivity contribution in [2.45, 2.75) is 0 Å². The SMILES string of the molecule is Nc1c(NNC(=O)c2ccc(Cl)cc2Cl)nc[nH]c1=O. The lowest BCUT2D eigenvalue weighted by Gasteiger charge is -2.09. The van der Waals surface area contributed by atoms with Crippen molar-refractivity contribution in [2.24, 2.45) is 0 Å². The first-order chi connectivity index (χ1) is 9.49. The predicted molar refractivity (Wildman–Crippen MR) is 76.8 cm³/mol. The molecule has 7 nitrogen and oxygen atoms in total. The summed E-state index contributed by atoms with van der Waals surface area (Å²) in [5, 5.41) is 0.614. The van der Waals surface area contributed by atoms with Crippen LogP contribution in [-0.2, 0) is 0 Å². The number of hydrogen-bond acceptors (Lipinski definition) is 5. The molecule has 20 heavy (non-hydrogen) atoms. The van der Waals surface area contributed by atoms with E-state index in [0.29, 0.717) is 5.02 Å². The van der Waals surface area contributed by atoms with E-state index in [9.17, 15) is 9.59 Å². The minimum Gasteiger partial charge on any atom is -0.391 e. The smallest absolute Gasteiger partial charge is 0.276 e. The molecule has 0 unspecified atom stereocenters. The van der Waals surface area contributed by atoms with E-state index >= 15 is 0 Å². The number of amides is 1. The zero-order valence-electron chi connectivity index (χ0n) is 9.91. The zero-order chi connectivity index (χ0) is 14.7. The van der Waals surface area contributed by atoms with E-state index in [1.54, 1.807) is 0 Å². The Morgan fingerprint density at radius 3 is 2.80 bits per heavy atom. The van der Waals surface area contributed by atoms with E-state index in [4.69, 9.17) is 28.9 Å². The van der Waals surface area contributed by atoms with Crippen LogP contribution >= 0.6 is 23.2 Å². The quantitative estimate of drug-likeness (QED) is 0.640. The first-order valence-electron chi connectivity index (χ1n) is 5.33. The van der Waals surface area contributed by atoms with Crippen LogP contribution in [-0.4, -0.2) is 15.9 Å². The van der Waals surface area contributed by atoms with E-state index in [2.05, 4.69) is 20.8 Å². The fourth-order valence-electron chi connectivity index (χ4n) is 1.37. The molecule has 9 heteroatoms. The summed E-state index contributed by atoms with van der Waals surface area (Å²) in [6.45, 7) is 0. The number of carbonyl (C=O) groups is 1. The maximum atomic E-state index is 11.9. The van der Waals surface area contributed by atoms with E-state index in [1.807, 2.05) is 0 Å². The summed E-state index contributed by atoms with van der Waals surface area (Å²) >= 11 is 11.6. The van der Waals surface area contributed by atoms with Crippen LogP contribution in [0.2, 0.25) is 10.0 Å². The number of H-pyrrole nitrogens is 1. The number of nitrogens with two attached hydrogens (primary N) is 1. The van der Waals surface area contributed by atoms with Gasteiger partial charge in [-0.15, -0.1) is 0 Å². The number of carbonyl (C=O) groups excluding carboxylic acids is 1. The molecule has 2 aromatic rings. The van der Waals surface area contributed by atoms with Crippen LogP contribution in [0.3, 0.4) is 0 Å². The molecule has 0 aliphatic carbocycles. The van der Waals surface area contributed by atoms with Crippen molar-refractivity contribution < 1.29 is 4.79 Å². The Bertz CT molecular complexity index is 716. The molecular formula is C11H9Cl2N5O2. The van der Waals surface area contributed by atoms with E-state index in [1.165, 1.54) is 18.2 Å². The lowest BCUT2D eigenvalue weighted by atomic mass is 10.2. The van der Waals surface area contributed by atoms with Crippen molar-refractivity contribution in [3.8, 4) is 0 Å². The third-order valence-electron chi connectivity index (χ3n) is 2.36. The number of aromatic amines is 1. The molecule has 0 spiro atoms. The minimum atomic E-state index is -0.520. The van der Waals surface area contributed by atoms with Crippen molar-refractivity contribution in [3.63, 3.8) is 0 Å². The number of aromatic nitrogens is 2. The fraction of sp³-hybridized carbons (Fsp3) is 0. The molecule has 0 bridgehead atoms. The highest BCUT2D eigenvalue weighted by atomic mass is 35.5. The highest BCUT2D eigenvalue weighted by Crippen LogP contribution is 2.20. The topological polar surface area (TPSA) is 113 Å². The summed E-state index contributed by atoms with van der Waals surface area (Å²) in [4.78, 5) is 29.2. The second kappa shape index (κ2) is 5.81. The number of nitrogen functional groups attached to an aromatic ring is 1. The standard InChI is InChI=1S/C11H9Cl2N5O2/c12-5-1-2-6(7(13)3-5)10(19)18-17-9-8(14)11(20)16-4-15-9/h1-4H,14H2,(H,18,19)(H2,15,16,17,20). The summed E-state index contributed by atoms with van der Waals surface area (Å²) < 4.78 is 0. The molecule has 0 radical (unpaired) electrons. The fourth-order valence-corrected chi connectivity index (χ4v) is 1.86. The molecule has 2 rings (SSSR count). The van der Waals surface area contributed by atoms with Gasteiger partial charge in [0.1, 0.15) is 5.69 Å². The first kappa shape index (κ1) is 14.2. The predicted octanol–water partition coefficient (Wildman–Crippen LogP) is 1.42. The van der Waals surface area contributed by atoms with Gasteiger partial charge < -0.3 is 10.7 Å². The third kappa shape index (κ3) is 3.01. The highest BCUT2D eigenvalue weighted by Gasteiger charge is 2.11. The lowest BCUT2D eigenvalue weighted by Crippen LogP contribution is -2.31. The van der Waals surface area contributed by atoms with Crippen LogP contribution in [0.1, 0.15) is 10.4 Å². The Labute approximate surface area is 123 Å². The van der Waals surface area contributed by atoms with Gasteiger partial charge >= 0.3 is 0 Å². The number of halogens is 2. The van der Waals surface area contributed by atoms with Gasteiger partial charge in [-0.2, -0.15) is 0 Å². The van der Waals surface area contributed by atoms with Gasteiger partial charge in [0.05, 0.1) is 16.9 Å². The molecule has 0 fully saturated rings. The van der Waals surface area contributed by atoms with Crippen LogP contribution in [0.15, 0.2) is 29.3 Å². The Hall–Kier alpha value is -2.25. The molecule has 1 amide bonds. The molecule has 1 aromatic heterocycles. The molecule has 0 aliphatic rings. The maximum Gasteiger partial charge on any atom is 0.276 e. The van der Waals surface area contributed by atoms with Crippen LogP contribution in [0.4, 0.5) is 11.5 Å². The van der Waals surface area contributed by atoms with Crippen molar-refractivity contribution in [3.05, 3.63) is 50.5 Å². The summed E-state index contributed by atoms with van der Waals surface area (Å²) in [7, 11) is 0. The summed E-state index contributed by atoms with van der Waals surface area (Å²) in [6, 6.07) is 4.44. The highest BCUT2D eigenvalue weighted by molar-refractivity contribution is 6.36. The van der Waals surface area contributed by atoms with E-state index in [0.717, 1.165) is 6.33 Å². The van der Waals surface area contributed by atoms with Gasteiger partial charge in [0.25, 0.3) is 11.5 Å². The molecule has 1 heterocycles. The average Bonchev–Trinajstić information content (AvgIpc) is 2.40. The Morgan fingerprint density at radius 1 is 1.35 bits per heavy atom. The maximum absolute atomic E-state index is 11.9. The Morgan fingerprint density at radius 2 is 2.10 bits per heavy atom. The molecule has 0 saturated heterocycles. The number of nitrogens with one attached hydrogen (secondary N) is 3. The number of benzene rings is 1. The number of hydrazine groups is 1. The van der Waals surface area contributed by atoms with Gasteiger partial charge in [-0.3, -0.25) is 20.4 Å². The molecule has 0 atom stereocenters. The number of nitrogens with zero attached hydrogens (tertiary/aromatic N) is 1. The number of rotatable bonds is 3. The van der Waals surface area contributed by atoms with Gasteiger partial charge in [-0.1, -0.05) is 23.2 Å². The van der Waals surface area contributed by atoms with Gasteiger partial charge in [0.15, 0.2) is 5.82 Å². The molecular weight excluding hydrogens is 305 g/mol. The van der Waals surface area contributed by atoms with E-state index < -0.39 is 11.5 Å². The Kier molecular flexibility index (Phi) is 4.11. The first-order valence-corrected chi connectivity index (χ1v) is 6.09. The zero-order valence-corrected chi connectivity index (χ0v) is 11.4. The molecule has 104 valence electrons. The van der Waals surface area contributed by atoms with Crippen molar-refractivity contribution in [1.82, 2.24) is 15.4 Å². The second-order valence-corrected chi connectivity index (χ2v) is 4.54. The average molecular weight is 314 g/mol. The monoisotopic (exact) mass is 313 g/mol. The normalized spacial score (nSPS) is 10.1. The lowest BCUT2D eigenvalue weighted by molar-refractivity contribution is 0.0962. The van der Waals surface area contributed by atoms with Crippen LogP contribution < -0.4 is 22.1 Å². The second-order valence-electron chi connectivity index (χ2n) is 3.70. The molecule has 0 aliphatic heterocycles. The van der Waals surface area contributed by atoms with Crippen molar-refractivity contribution in [1.29, 1.82) is 0 Å². The summed E-state index contributed by atoms with van der Waals surface area (Å²) in [5.74, 6) is -0.486. The van der Waals surface area contributed by atoms with Gasteiger partial charge in [0.2, 0.25) is 0 Å². The van der Waals surface area contributed by atoms with Crippen LogP contribution in [0.5, 0.6) is 0 Å². The third-order valence-corrected chi connectivity index (χ3v) is 2.91. The summed E-state index contributed by atoms with van der Waals surface area (Å²) in [5.41, 5.74) is 9.83. The molecule has 1 aromatic carbocycles. The number of anilines is 2. The van der Waals surface area contributed by atoms with Crippen LogP contribution in [0.25, 0.3) is 0 Å². The molecule has 0 saturated carbocycles. The largest absolute Gasteiger partial charge is 0.391 e. The van der Waals surface area contributed by atoms with Gasteiger partial charge in [-0.25, -0.2) is 4.98 Å². The summed E-state index contributed by atoms with van der Waals surface area (Å²) in [6.07, 6.45) is 1.16. The minimum absolute atomic E-state index is 0.0344.